The zero-order chi connectivity index (χ0) is 19.0. The van der Waals surface area contributed by atoms with Crippen molar-refractivity contribution >= 4 is 5.91 Å². The van der Waals surface area contributed by atoms with Crippen LogP contribution in [0, 0.1) is 5.82 Å². The summed E-state index contributed by atoms with van der Waals surface area (Å²) in [5, 5.41) is 11.2. The van der Waals surface area contributed by atoms with Gasteiger partial charge in [-0.1, -0.05) is 31.4 Å². The molecule has 27 heavy (non-hydrogen) atoms. The van der Waals surface area contributed by atoms with E-state index in [1.54, 1.807) is 12.1 Å². The maximum absolute atomic E-state index is 13.2. The lowest BCUT2D eigenvalue weighted by Gasteiger charge is -2.44. The molecule has 1 aliphatic carbocycles. The van der Waals surface area contributed by atoms with Gasteiger partial charge in [-0.25, -0.2) is 4.39 Å². The van der Waals surface area contributed by atoms with Gasteiger partial charge in [0.25, 0.3) is 0 Å². The van der Waals surface area contributed by atoms with Crippen LogP contribution in [-0.2, 0) is 10.4 Å². The van der Waals surface area contributed by atoms with E-state index in [0.29, 0.717) is 25.4 Å². The highest BCUT2D eigenvalue weighted by atomic mass is 19.1. The summed E-state index contributed by atoms with van der Waals surface area (Å²) in [6.45, 7) is 0.460. The van der Waals surface area contributed by atoms with Crippen molar-refractivity contribution in [2.75, 3.05) is 13.6 Å². The second kappa shape index (κ2) is 7.51. The van der Waals surface area contributed by atoms with Gasteiger partial charge in [0, 0.05) is 25.2 Å². The first-order chi connectivity index (χ1) is 13.0. The molecule has 2 unspecified atom stereocenters. The Balaban J connectivity index is 1.41. The summed E-state index contributed by atoms with van der Waals surface area (Å²) in [5.74, 6) is -0.0647. The molecule has 2 heterocycles. The number of carbonyl (C=O) groups excluding carboxylic acids is 1. The molecule has 2 aliphatic heterocycles. The van der Waals surface area contributed by atoms with Gasteiger partial charge < -0.3 is 10.0 Å². The van der Waals surface area contributed by atoms with Crippen LogP contribution < -0.4 is 0 Å². The minimum absolute atomic E-state index is 0.214. The summed E-state index contributed by atoms with van der Waals surface area (Å²) in [6, 6.07) is 7.09. The molecule has 2 saturated heterocycles. The van der Waals surface area contributed by atoms with Gasteiger partial charge in [-0.3, -0.25) is 9.69 Å². The molecule has 1 aromatic rings. The van der Waals surface area contributed by atoms with Gasteiger partial charge in [-0.2, -0.15) is 0 Å². The van der Waals surface area contributed by atoms with Gasteiger partial charge in [0.2, 0.25) is 5.91 Å². The molecule has 0 aromatic heterocycles. The number of rotatable bonds is 4. The number of nitrogens with zero attached hydrogens (tertiary/aromatic N) is 2. The van der Waals surface area contributed by atoms with E-state index in [-0.39, 0.29) is 23.8 Å². The lowest BCUT2D eigenvalue weighted by Crippen LogP contribution is -2.53. The topological polar surface area (TPSA) is 43.8 Å². The molecule has 1 saturated carbocycles. The molecule has 1 N–H and O–H groups in total. The predicted octanol–water partition coefficient (Wildman–Crippen LogP) is 3.43. The van der Waals surface area contributed by atoms with Crippen molar-refractivity contribution in [3.05, 3.63) is 35.6 Å². The molecule has 3 fully saturated rings. The number of halogens is 1. The van der Waals surface area contributed by atoms with Crippen LogP contribution in [0.5, 0.6) is 0 Å². The summed E-state index contributed by atoms with van der Waals surface area (Å²) in [4.78, 5) is 17.2. The van der Waals surface area contributed by atoms with E-state index in [1.165, 1.54) is 31.4 Å². The first-order valence-corrected chi connectivity index (χ1v) is 10.5. The van der Waals surface area contributed by atoms with Crippen molar-refractivity contribution in [1.29, 1.82) is 0 Å². The van der Waals surface area contributed by atoms with E-state index < -0.39 is 5.60 Å². The Morgan fingerprint density at radius 1 is 1.11 bits per heavy atom. The van der Waals surface area contributed by atoms with E-state index in [2.05, 4.69) is 4.90 Å². The highest BCUT2D eigenvalue weighted by Crippen LogP contribution is 2.45. The van der Waals surface area contributed by atoms with Crippen LogP contribution in [0.25, 0.3) is 0 Å². The second-order valence-corrected chi connectivity index (χ2v) is 8.80. The Hall–Kier alpha value is -1.46. The quantitative estimate of drug-likeness (QED) is 0.878. The normalized spacial score (nSPS) is 31.8. The SMILES string of the molecule is CN(C(=O)CN1C2CCC1CC(O)(c1ccc(F)cc1)C2)C1CCCCC1. The number of hydrogen-bond donors (Lipinski definition) is 1. The summed E-state index contributed by atoms with van der Waals surface area (Å²) in [5.41, 5.74) is -0.111. The van der Waals surface area contributed by atoms with Gasteiger partial charge in [0.1, 0.15) is 5.82 Å². The number of fused-ring (bicyclic) bond motifs is 2. The standard InChI is InChI=1S/C22H31FN2O2/c1-24(18-5-3-2-4-6-18)21(26)15-25-19-11-12-20(25)14-22(27,13-19)16-7-9-17(23)10-8-16/h7-10,18-20,27H,2-6,11-15H2,1H3. The molecule has 0 spiro atoms. The lowest BCUT2D eigenvalue weighted by molar-refractivity contribution is -0.137. The predicted molar refractivity (Wildman–Crippen MR) is 103 cm³/mol. The van der Waals surface area contributed by atoms with Gasteiger partial charge in [0.15, 0.2) is 0 Å². The van der Waals surface area contributed by atoms with E-state index in [0.717, 1.165) is 31.2 Å². The molecular weight excluding hydrogens is 343 g/mol. The smallest absolute Gasteiger partial charge is 0.236 e. The van der Waals surface area contributed by atoms with E-state index in [1.807, 2.05) is 11.9 Å². The molecule has 1 aromatic carbocycles. The number of aliphatic hydroxyl groups is 1. The van der Waals surface area contributed by atoms with Crippen LogP contribution in [0.2, 0.25) is 0 Å². The monoisotopic (exact) mass is 374 g/mol. The highest BCUT2D eigenvalue weighted by Gasteiger charge is 2.48. The Kier molecular flexibility index (Phi) is 5.26. The van der Waals surface area contributed by atoms with E-state index in [9.17, 15) is 14.3 Å². The van der Waals surface area contributed by atoms with Crippen LogP contribution in [0.4, 0.5) is 4.39 Å². The van der Waals surface area contributed by atoms with E-state index >= 15 is 0 Å². The summed E-state index contributed by atoms with van der Waals surface area (Å²) in [6.07, 6.45) is 9.27. The first-order valence-electron chi connectivity index (χ1n) is 10.5. The minimum atomic E-state index is -0.908. The lowest BCUT2D eigenvalue weighted by atomic mass is 9.80. The molecule has 4 nitrogen and oxygen atoms in total. The van der Waals surface area contributed by atoms with Crippen LogP contribution in [0.1, 0.15) is 63.4 Å². The molecule has 1 amide bonds. The summed E-state index contributed by atoms with van der Waals surface area (Å²) < 4.78 is 13.2. The average Bonchev–Trinajstić information content (AvgIpc) is 2.92. The zero-order valence-corrected chi connectivity index (χ0v) is 16.2. The average molecular weight is 375 g/mol. The van der Waals surface area contributed by atoms with Crippen LogP contribution in [0.3, 0.4) is 0 Å². The Morgan fingerprint density at radius 2 is 1.70 bits per heavy atom. The third kappa shape index (κ3) is 3.77. The number of piperidine rings is 1. The third-order valence-electron chi connectivity index (χ3n) is 7.13. The fraction of sp³-hybridized carbons (Fsp3) is 0.682. The fourth-order valence-corrected chi connectivity index (χ4v) is 5.51. The number of benzene rings is 1. The Labute approximate surface area is 161 Å². The zero-order valence-electron chi connectivity index (χ0n) is 16.2. The first kappa shape index (κ1) is 18.9. The molecule has 2 bridgehead atoms. The highest BCUT2D eigenvalue weighted by molar-refractivity contribution is 5.78. The molecule has 5 heteroatoms. The molecule has 0 radical (unpaired) electrons. The Morgan fingerprint density at radius 3 is 2.30 bits per heavy atom. The number of carbonyl (C=O) groups is 1. The molecule has 2 atom stereocenters. The maximum atomic E-state index is 13.2. The maximum Gasteiger partial charge on any atom is 0.236 e. The van der Waals surface area contributed by atoms with Crippen LogP contribution in [0.15, 0.2) is 24.3 Å². The fourth-order valence-electron chi connectivity index (χ4n) is 5.51. The largest absolute Gasteiger partial charge is 0.385 e. The Bertz CT molecular complexity index is 657. The van der Waals surface area contributed by atoms with Gasteiger partial charge in [-0.15, -0.1) is 0 Å². The van der Waals surface area contributed by atoms with Gasteiger partial charge in [-0.05, 0) is 56.2 Å². The number of likely N-dealkylation sites (N-methyl/N-ethyl adjacent to an activating group) is 1. The number of hydrogen-bond acceptors (Lipinski definition) is 3. The molecule has 148 valence electrons. The molecule has 4 rings (SSSR count). The van der Waals surface area contributed by atoms with Crippen molar-refractivity contribution < 1.29 is 14.3 Å². The van der Waals surface area contributed by atoms with E-state index in [4.69, 9.17) is 0 Å². The van der Waals surface area contributed by atoms with Gasteiger partial charge >= 0.3 is 0 Å². The number of amides is 1. The van der Waals surface area contributed by atoms with Crippen molar-refractivity contribution in [3.63, 3.8) is 0 Å². The van der Waals surface area contributed by atoms with Crippen molar-refractivity contribution in [1.82, 2.24) is 9.80 Å². The van der Waals surface area contributed by atoms with Crippen molar-refractivity contribution in [2.45, 2.75) is 81.5 Å². The van der Waals surface area contributed by atoms with Crippen molar-refractivity contribution in [2.24, 2.45) is 0 Å². The summed E-state index contributed by atoms with van der Waals surface area (Å²) in [7, 11) is 1.96. The minimum Gasteiger partial charge on any atom is -0.385 e. The summed E-state index contributed by atoms with van der Waals surface area (Å²) >= 11 is 0. The van der Waals surface area contributed by atoms with Crippen LogP contribution >= 0.6 is 0 Å². The second-order valence-electron chi connectivity index (χ2n) is 8.80. The van der Waals surface area contributed by atoms with Crippen molar-refractivity contribution in [3.8, 4) is 0 Å². The van der Waals surface area contributed by atoms with Gasteiger partial charge in [0.05, 0.1) is 12.1 Å². The van der Waals surface area contributed by atoms with Crippen LogP contribution in [-0.4, -0.2) is 52.5 Å². The molecule has 3 aliphatic rings. The third-order valence-corrected chi connectivity index (χ3v) is 7.13. The molecular formula is C22H31FN2O2.